The molecule has 1 aliphatic heterocycles. The first-order chi connectivity index (χ1) is 12.3. The number of hydrogen-bond acceptors (Lipinski definition) is 5. The molecule has 1 saturated heterocycles. The number of thiophene rings is 1. The van der Waals surface area contributed by atoms with Gasteiger partial charge in [0, 0.05) is 37.1 Å². The van der Waals surface area contributed by atoms with Gasteiger partial charge >= 0.3 is 0 Å². The maximum atomic E-state index is 14.0. The largest absolute Gasteiger partial charge is 0.367 e. The van der Waals surface area contributed by atoms with Crippen molar-refractivity contribution in [1.82, 2.24) is 9.62 Å². The number of piperazine rings is 1. The molecule has 1 aromatic heterocycles. The molecule has 26 heavy (non-hydrogen) atoms. The molecule has 2 aromatic rings. The minimum Gasteiger partial charge on any atom is -0.367 e. The fourth-order valence-corrected chi connectivity index (χ4v) is 5.32. The van der Waals surface area contributed by atoms with E-state index >= 15 is 0 Å². The van der Waals surface area contributed by atoms with Gasteiger partial charge in [0.25, 0.3) is 0 Å². The van der Waals surface area contributed by atoms with E-state index < -0.39 is 10.0 Å². The molecule has 0 aliphatic carbocycles. The van der Waals surface area contributed by atoms with Gasteiger partial charge < -0.3 is 4.90 Å². The highest BCUT2D eigenvalue weighted by atomic mass is 32.2. The number of sulfonamides is 1. The highest BCUT2D eigenvalue weighted by Crippen LogP contribution is 2.30. The zero-order valence-corrected chi connectivity index (χ0v) is 16.6. The zero-order valence-electron chi connectivity index (χ0n) is 14.9. The fourth-order valence-electron chi connectivity index (χ4n) is 3.55. The monoisotopic (exact) mass is 397 g/mol. The number of benzene rings is 1. The van der Waals surface area contributed by atoms with E-state index in [0.29, 0.717) is 18.8 Å². The molecule has 3 rings (SSSR count). The average Bonchev–Trinajstić information content (AvgIpc) is 3.09. The molecule has 0 bridgehead atoms. The van der Waals surface area contributed by atoms with E-state index in [1.54, 1.807) is 23.5 Å². The van der Waals surface area contributed by atoms with E-state index in [0.717, 1.165) is 18.0 Å². The van der Waals surface area contributed by atoms with Crippen LogP contribution in [0.2, 0.25) is 0 Å². The molecular weight excluding hydrogens is 373 g/mol. The number of hydrogen-bond donors (Lipinski definition) is 1. The number of para-hydroxylation sites is 1. The van der Waals surface area contributed by atoms with Crippen LogP contribution in [0, 0.1) is 5.82 Å². The lowest BCUT2D eigenvalue weighted by Crippen LogP contribution is -2.52. The Morgan fingerprint density at radius 2 is 1.81 bits per heavy atom. The molecule has 1 aromatic carbocycles. The molecule has 2 heterocycles. The van der Waals surface area contributed by atoms with Gasteiger partial charge in [0.15, 0.2) is 0 Å². The van der Waals surface area contributed by atoms with Crippen molar-refractivity contribution in [1.29, 1.82) is 0 Å². The van der Waals surface area contributed by atoms with Crippen molar-refractivity contribution in [2.75, 3.05) is 37.3 Å². The first-order valence-electron chi connectivity index (χ1n) is 8.59. The van der Waals surface area contributed by atoms with Gasteiger partial charge in [-0.15, -0.1) is 11.3 Å². The standard InChI is InChI=1S/C18H24FN3O2S2/c1-14(20-26(2,23)24)18(17-8-5-13-25-17)22-11-9-21(10-12-22)16-7-4-3-6-15(16)19/h3-8,13-14,18,20H,9-12H2,1-2H3/t14-,18+/m1/s1. The number of anilines is 1. The van der Waals surface area contributed by atoms with Crippen molar-refractivity contribution in [2.45, 2.75) is 19.0 Å². The number of halogens is 1. The molecule has 0 radical (unpaired) electrons. The second kappa shape index (κ2) is 8.04. The lowest BCUT2D eigenvalue weighted by molar-refractivity contribution is 0.164. The summed E-state index contributed by atoms with van der Waals surface area (Å²) in [5.74, 6) is -0.206. The molecule has 2 atom stereocenters. The molecule has 0 amide bonds. The SMILES string of the molecule is C[C@@H](NS(C)(=O)=O)[C@@H](c1cccs1)N1CCN(c2ccccc2F)CC1. The third-order valence-electron chi connectivity index (χ3n) is 4.61. The Hall–Kier alpha value is -1.48. The van der Waals surface area contributed by atoms with Crippen LogP contribution in [0.5, 0.6) is 0 Å². The van der Waals surface area contributed by atoms with Crippen LogP contribution in [0.1, 0.15) is 17.8 Å². The Morgan fingerprint density at radius 3 is 2.38 bits per heavy atom. The normalized spacial score (nSPS) is 18.7. The summed E-state index contributed by atoms with van der Waals surface area (Å²) in [5.41, 5.74) is 0.627. The minimum atomic E-state index is -3.29. The van der Waals surface area contributed by atoms with Gasteiger partial charge in [0.1, 0.15) is 5.82 Å². The van der Waals surface area contributed by atoms with Crippen LogP contribution in [-0.2, 0) is 10.0 Å². The molecule has 5 nitrogen and oxygen atoms in total. The predicted molar refractivity (Wildman–Crippen MR) is 105 cm³/mol. The van der Waals surface area contributed by atoms with E-state index in [1.807, 2.05) is 35.4 Å². The van der Waals surface area contributed by atoms with Crippen molar-refractivity contribution in [3.63, 3.8) is 0 Å². The quantitative estimate of drug-likeness (QED) is 0.814. The summed E-state index contributed by atoms with van der Waals surface area (Å²) >= 11 is 1.63. The molecule has 0 spiro atoms. The lowest BCUT2D eigenvalue weighted by Gasteiger charge is -2.42. The molecule has 142 valence electrons. The van der Waals surface area contributed by atoms with Gasteiger partial charge in [-0.2, -0.15) is 0 Å². The van der Waals surface area contributed by atoms with Gasteiger partial charge in [-0.1, -0.05) is 18.2 Å². The van der Waals surface area contributed by atoms with Gasteiger partial charge in [-0.05, 0) is 30.5 Å². The molecular formula is C18H24FN3O2S2. The van der Waals surface area contributed by atoms with Gasteiger partial charge in [0.2, 0.25) is 10.0 Å². The Kier molecular flexibility index (Phi) is 5.96. The Balaban J connectivity index is 1.74. The Morgan fingerprint density at radius 1 is 1.12 bits per heavy atom. The number of nitrogens with zero attached hydrogens (tertiary/aromatic N) is 2. The summed E-state index contributed by atoms with van der Waals surface area (Å²) in [7, 11) is -3.29. The molecule has 1 N–H and O–H groups in total. The Bertz CT molecular complexity index is 819. The molecule has 1 fully saturated rings. The average molecular weight is 398 g/mol. The smallest absolute Gasteiger partial charge is 0.209 e. The summed E-state index contributed by atoms with van der Waals surface area (Å²) in [5, 5.41) is 2.01. The van der Waals surface area contributed by atoms with Crippen molar-refractivity contribution in [3.8, 4) is 0 Å². The lowest BCUT2D eigenvalue weighted by atomic mass is 10.1. The van der Waals surface area contributed by atoms with Crippen molar-refractivity contribution < 1.29 is 12.8 Å². The summed E-state index contributed by atoms with van der Waals surface area (Å²) in [6, 6.07) is 10.6. The van der Waals surface area contributed by atoms with E-state index in [4.69, 9.17) is 0 Å². The topological polar surface area (TPSA) is 52.7 Å². The highest BCUT2D eigenvalue weighted by Gasteiger charge is 2.31. The van der Waals surface area contributed by atoms with Crippen LogP contribution < -0.4 is 9.62 Å². The molecule has 0 unspecified atom stereocenters. The summed E-state index contributed by atoms with van der Waals surface area (Å²) in [6.07, 6.45) is 1.19. The maximum Gasteiger partial charge on any atom is 0.209 e. The first kappa shape index (κ1) is 19.3. The molecule has 1 aliphatic rings. The van der Waals surface area contributed by atoms with E-state index in [-0.39, 0.29) is 17.9 Å². The van der Waals surface area contributed by atoms with Crippen LogP contribution in [-0.4, -0.2) is 51.8 Å². The fraction of sp³-hybridized carbons (Fsp3) is 0.444. The highest BCUT2D eigenvalue weighted by molar-refractivity contribution is 7.88. The zero-order chi connectivity index (χ0) is 18.7. The third-order valence-corrected chi connectivity index (χ3v) is 6.35. The second-order valence-corrected chi connectivity index (χ2v) is 9.37. The summed E-state index contributed by atoms with van der Waals surface area (Å²) in [4.78, 5) is 5.46. The number of rotatable bonds is 6. The van der Waals surface area contributed by atoms with Gasteiger partial charge in [-0.3, -0.25) is 4.90 Å². The van der Waals surface area contributed by atoms with Gasteiger partial charge in [-0.25, -0.2) is 17.5 Å². The predicted octanol–water partition coefficient (Wildman–Crippen LogP) is 2.69. The summed E-state index contributed by atoms with van der Waals surface area (Å²) < 4.78 is 40.2. The van der Waals surface area contributed by atoms with Crippen LogP contribution in [0.25, 0.3) is 0 Å². The van der Waals surface area contributed by atoms with Crippen LogP contribution in [0.3, 0.4) is 0 Å². The van der Waals surface area contributed by atoms with Gasteiger partial charge in [0.05, 0.1) is 18.0 Å². The first-order valence-corrected chi connectivity index (χ1v) is 11.4. The molecule has 8 heteroatoms. The number of nitrogens with one attached hydrogen (secondary N) is 1. The van der Waals surface area contributed by atoms with E-state index in [2.05, 4.69) is 9.62 Å². The molecule has 0 saturated carbocycles. The van der Waals surface area contributed by atoms with Crippen molar-refractivity contribution in [2.24, 2.45) is 0 Å². The van der Waals surface area contributed by atoms with Crippen LogP contribution in [0.15, 0.2) is 41.8 Å². The summed E-state index contributed by atoms with van der Waals surface area (Å²) in [6.45, 7) is 4.79. The van der Waals surface area contributed by atoms with E-state index in [1.165, 1.54) is 12.3 Å². The van der Waals surface area contributed by atoms with E-state index in [9.17, 15) is 12.8 Å². The van der Waals surface area contributed by atoms with Crippen LogP contribution >= 0.6 is 11.3 Å². The minimum absolute atomic E-state index is 0.0347. The second-order valence-electron chi connectivity index (χ2n) is 6.61. The van der Waals surface area contributed by atoms with Crippen molar-refractivity contribution >= 4 is 27.0 Å². The Labute approximate surface area is 158 Å². The third kappa shape index (κ3) is 4.62. The van der Waals surface area contributed by atoms with Crippen LogP contribution in [0.4, 0.5) is 10.1 Å². The maximum absolute atomic E-state index is 14.0. The van der Waals surface area contributed by atoms with Crippen molar-refractivity contribution in [3.05, 3.63) is 52.5 Å².